The Balaban J connectivity index is 1.32. The van der Waals surface area contributed by atoms with E-state index in [-0.39, 0.29) is 30.4 Å². The number of morpholine rings is 1. The number of benzene rings is 2. The smallest absolute Gasteiger partial charge is 0.266 e. The number of nitrogens with zero attached hydrogens (tertiary/aromatic N) is 3. The van der Waals surface area contributed by atoms with Crippen LogP contribution in [0.4, 0.5) is 5.88 Å². The largest absolute Gasteiger partial charge is 0.486 e. The Bertz CT molecular complexity index is 1280. The first-order chi connectivity index (χ1) is 15.6. The number of oxazole rings is 1. The summed E-state index contributed by atoms with van der Waals surface area (Å²) in [6.45, 7) is 5.55. The molecule has 0 bridgehead atoms. The van der Waals surface area contributed by atoms with Crippen LogP contribution in [-0.4, -0.2) is 30.3 Å². The zero-order valence-corrected chi connectivity index (χ0v) is 17.9. The standard InChI is InChI=1S/C25H23N3O4/c1-16-13-28(14-17(2)30-16)25-22(12-26)27-24(32-25)23-10-9-21(31-23)15-29-20-8-7-18-5-3-4-6-19(18)11-20/h3-11,16-17H,13-15H2,1-2H3/t16-,17-/m1/s1. The van der Waals surface area contributed by atoms with Gasteiger partial charge in [-0.25, -0.2) is 0 Å². The summed E-state index contributed by atoms with van der Waals surface area (Å²) in [6, 6.07) is 19.8. The molecule has 4 aromatic rings. The van der Waals surface area contributed by atoms with E-state index in [0.717, 1.165) is 16.5 Å². The van der Waals surface area contributed by atoms with E-state index in [1.165, 1.54) is 0 Å². The molecule has 0 N–H and O–H groups in total. The minimum absolute atomic E-state index is 0.0429. The van der Waals surface area contributed by atoms with E-state index in [0.29, 0.717) is 30.5 Å². The first-order valence-corrected chi connectivity index (χ1v) is 10.6. The van der Waals surface area contributed by atoms with Gasteiger partial charge in [-0.1, -0.05) is 30.3 Å². The van der Waals surface area contributed by atoms with Gasteiger partial charge in [-0.2, -0.15) is 10.2 Å². The molecule has 32 heavy (non-hydrogen) atoms. The highest BCUT2D eigenvalue weighted by Crippen LogP contribution is 2.31. The highest BCUT2D eigenvalue weighted by atomic mass is 16.5. The average Bonchev–Trinajstić information content (AvgIpc) is 3.44. The van der Waals surface area contributed by atoms with E-state index in [4.69, 9.17) is 18.3 Å². The van der Waals surface area contributed by atoms with Gasteiger partial charge in [0.25, 0.3) is 5.89 Å². The molecule has 0 aliphatic carbocycles. The van der Waals surface area contributed by atoms with Crippen LogP contribution in [0.1, 0.15) is 25.3 Å². The van der Waals surface area contributed by atoms with Gasteiger partial charge in [0.2, 0.25) is 11.6 Å². The third-order valence-corrected chi connectivity index (χ3v) is 5.40. The van der Waals surface area contributed by atoms with Gasteiger partial charge in [0, 0.05) is 13.1 Å². The first-order valence-electron chi connectivity index (χ1n) is 10.6. The van der Waals surface area contributed by atoms with Crippen molar-refractivity contribution in [2.45, 2.75) is 32.7 Å². The molecule has 0 saturated carbocycles. The summed E-state index contributed by atoms with van der Waals surface area (Å²) in [5, 5.41) is 11.8. The molecule has 0 radical (unpaired) electrons. The summed E-state index contributed by atoms with van der Waals surface area (Å²) in [6.07, 6.45) is 0.0858. The van der Waals surface area contributed by atoms with Crippen molar-refractivity contribution in [3.8, 4) is 23.5 Å². The van der Waals surface area contributed by atoms with E-state index in [1.54, 1.807) is 6.07 Å². The lowest BCUT2D eigenvalue weighted by Gasteiger charge is -2.34. The van der Waals surface area contributed by atoms with Crippen LogP contribution in [0.25, 0.3) is 22.4 Å². The van der Waals surface area contributed by atoms with Crippen LogP contribution in [0.2, 0.25) is 0 Å². The molecular formula is C25H23N3O4. The lowest BCUT2D eigenvalue weighted by molar-refractivity contribution is -0.00639. The Hall–Kier alpha value is -3.76. The molecule has 1 fully saturated rings. The second kappa shape index (κ2) is 8.40. The van der Waals surface area contributed by atoms with Crippen LogP contribution in [-0.2, 0) is 11.3 Å². The van der Waals surface area contributed by atoms with Crippen molar-refractivity contribution >= 4 is 16.7 Å². The molecule has 3 heterocycles. The monoisotopic (exact) mass is 429 g/mol. The molecule has 1 saturated heterocycles. The van der Waals surface area contributed by atoms with E-state index < -0.39 is 0 Å². The number of aromatic nitrogens is 1. The maximum atomic E-state index is 9.55. The Morgan fingerprint density at radius 1 is 1.03 bits per heavy atom. The van der Waals surface area contributed by atoms with Crippen molar-refractivity contribution in [3.05, 3.63) is 66.1 Å². The maximum Gasteiger partial charge on any atom is 0.266 e. The number of anilines is 1. The Morgan fingerprint density at radius 3 is 2.59 bits per heavy atom. The normalized spacial score (nSPS) is 18.6. The molecule has 0 spiro atoms. The van der Waals surface area contributed by atoms with E-state index in [9.17, 15) is 5.26 Å². The number of ether oxygens (including phenoxy) is 2. The fourth-order valence-corrected chi connectivity index (χ4v) is 4.03. The predicted molar refractivity (Wildman–Crippen MR) is 119 cm³/mol. The van der Waals surface area contributed by atoms with Crippen molar-refractivity contribution < 1.29 is 18.3 Å². The summed E-state index contributed by atoms with van der Waals surface area (Å²) in [7, 11) is 0. The molecule has 2 aromatic heterocycles. The van der Waals surface area contributed by atoms with Gasteiger partial charge >= 0.3 is 0 Å². The number of hydrogen-bond acceptors (Lipinski definition) is 7. The fraction of sp³-hybridized carbons (Fsp3) is 0.280. The van der Waals surface area contributed by atoms with Crippen LogP contribution in [0.15, 0.2) is 63.4 Å². The molecule has 162 valence electrons. The highest BCUT2D eigenvalue weighted by Gasteiger charge is 2.28. The van der Waals surface area contributed by atoms with Gasteiger partial charge in [-0.05, 0) is 48.9 Å². The quantitative estimate of drug-likeness (QED) is 0.434. The molecule has 2 aromatic carbocycles. The zero-order chi connectivity index (χ0) is 22.1. The molecule has 2 atom stereocenters. The van der Waals surface area contributed by atoms with Crippen molar-refractivity contribution in [1.29, 1.82) is 5.26 Å². The number of furan rings is 1. The van der Waals surface area contributed by atoms with E-state index in [2.05, 4.69) is 23.2 Å². The van der Waals surface area contributed by atoms with Crippen LogP contribution < -0.4 is 9.64 Å². The zero-order valence-electron chi connectivity index (χ0n) is 17.9. The summed E-state index contributed by atoms with van der Waals surface area (Å²) in [4.78, 5) is 6.35. The fourth-order valence-electron chi connectivity index (χ4n) is 4.03. The third-order valence-electron chi connectivity index (χ3n) is 5.40. The Labute approximate surface area is 185 Å². The summed E-state index contributed by atoms with van der Waals surface area (Å²) < 4.78 is 23.5. The first kappa shape index (κ1) is 20.2. The summed E-state index contributed by atoms with van der Waals surface area (Å²) >= 11 is 0. The summed E-state index contributed by atoms with van der Waals surface area (Å²) in [5.41, 5.74) is 0.242. The van der Waals surface area contributed by atoms with E-state index >= 15 is 0 Å². The van der Waals surface area contributed by atoms with Crippen LogP contribution >= 0.6 is 0 Å². The van der Waals surface area contributed by atoms with Crippen molar-refractivity contribution in [2.75, 3.05) is 18.0 Å². The SMILES string of the molecule is C[C@@H]1CN(c2oc(-c3ccc(COc4ccc5ccccc5c4)o3)nc2C#N)C[C@@H](C)O1. The molecule has 1 aliphatic rings. The number of hydrogen-bond donors (Lipinski definition) is 0. The molecular weight excluding hydrogens is 406 g/mol. The maximum absolute atomic E-state index is 9.55. The minimum Gasteiger partial charge on any atom is -0.486 e. The van der Waals surface area contributed by atoms with Crippen LogP contribution in [0.5, 0.6) is 5.75 Å². The van der Waals surface area contributed by atoms with E-state index in [1.807, 2.05) is 55.1 Å². The topological polar surface area (TPSA) is 84.7 Å². The Morgan fingerprint density at radius 2 is 1.81 bits per heavy atom. The molecule has 1 aliphatic heterocycles. The minimum atomic E-state index is 0.0429. The van der Waals surface area contributed by atoms with Gasteiger partial charge < -0.3 is 23.2 Å². The van der Waals surface area contributed by atoms with Crippen LogP contribution in [0, 0.1) is 11.3 Å². The van der Waals surface area contributed by atoms with Crippen molar-refractivity contribution in [1.82, 2.24) is 4.98 Å². The molecule has 0 unspecified atom stereocenters. The second-order valence-corrected chi connectivity index (χ2v) is 8.01. The number of rotatable bonds is 5. The van der Waals surface area contributed by atoms with Gasteiger partial charge in [0.1, 0.15) is 24.2 Å². The summed E-state index contributed by atoms with van der Waals surface area (Å²) in [5.74, 6) is 2.59. The lowest BCUT2D eigenvalue weighted by atomic mass is 10.1. The number of fused-ring (bicyclic) bond motifs is 1. The van der Waals surface area contributed by atoms with Gasteiger partial charge in [0.15, 0.2) is 5.76 Å². The predicted octanol–water partition coefficient (Wildman–Crippen LogP) is 5.15. The second-order valence-electron chi connectivity index (χ2n) is 8.01. The Kier molecular flexibility index (Phi) is 5.29. The average molecular weight is 429 g/mol. The molecule has 5 rings (SSSR count). The lowest BCUT2D eigenvalue weighted by Crippen LogP contribution is -2.45. The van der Waals surface area contributed by atoms with Gasteiger partial charge in [-0.3, -0.25) is 0 Å². The molecule has 7 heteroatoms. The van der Waals surface area contributed by atoms with Crippen molar-refractivity contribution in [3.63, 3.8) is 0 Å². The van der Waals surface area contributed by atoms with Crippen LogP contribution in [0.3, 0.4) is 0 Å². The molecule has 7 nitrogen and oxygen atoms in total. The number of nitriles is 1. The van der Waals surface area contributed by atoms with Crippen molar-refractivity contribution in [2.24, 2.45) is 0 Å². The highest BCUT2D eigenvalue weighted by molar-refractivity contribution is 5.83. The van der Waals surface area contributed by atoms with Gasteiger partial charge in [0.05, 0.1) is 12.2 Å². The third kappa shape index (κ3) is 4.05. The molecule has 0 amide bonds. The van der Waals surface area contributed by atoms with Gasteiger partial charge in [-0.15, -0.1) is 0 Å².